The van der Waals surface area contributed by atoms with E-state index in [9.17, 15) is 4.79 Å². The van der Waals surface area contributed by atoms with Crippen LogP contribution < -0.4 is 14.8 Å². The van der Waals surface area contributed by atoms with Gasteiger partial charge < -0.3 is 14.8 Å². The van der Waals surface area contributed by atoms with E-state index in [2.05, 4.69) is 17.4 Å². The summed E-state index contributed by atoms with van der Waals surface area (Å²) in [7, 11) is 3.20. The molecule has 0 unspecified atom stereocenters. The predicted molar refractivity (Wildman–Crippen MR) is 100 cm³/mol. The first kappa shape index (κ1) is 18.5. The summed E-state index contributed by atoms with van der Waals surface area (Å²) >= 11 is 3.21. The van der Waals surface area contributed by atoms with Gasteiger partial charge >= 0.3 is 0 Å². The van der Waals surface area contributed by atoms with E-state index in [-0.39, 0.29) is 5.91 Å². The van der Waals surface area contributed by atoms with Gasteiger partial charge in [0.25, 0.3) is 0 Å². The smallest absolute Gasteiger partial charge is 0.230 e. The van der Waals surface area contributed by atoms with Gasteiger partial charge in [-0.15, -0.1) is 23.5 Å². The number of benzene rings is 2. The molecular weight excluding hydrogens is 342 g/mol. The Labute approximate surface area is 151 Å². The van der Waals surface area contributed by atoms with Crippen molar-refractivity contribution in [3.05, 3.63) is 48.5 Å². The molecule has 0 aromatic heterocycles. The molecule has 0 bridgehead atoms. The van der Waals surface area contributed by atoms with Crippen molar-refractivity contribution < 1.29 is 14.3 Å². The Morgan fingerprint density at radius 1 is 0.958 bits per heavy atom. The lowest BCUT2D eigenvalue weighted by molar-refractivity contribution is -0.118. The summed E-state index contributed by atoms with van der Waals surface area (Å²) in [5.41, 5.74) is 0. The molecule has 2 aromatic carbocycles. The van der Waals surface area contributed by atoms with Gasteiger partial charge in [-0.3, -0.25) is 4.79 Å². The maximum Gasteiger partial charge on any atom is 0.230 e. The van der Waals surface area contributed by atoms with Crippen molar-refractivity contribution in [1.29, 1.82) is 0 Å². The lowest BCUT2D eigenvalue weighted by Gasteiger charge is -2.09. The van der Waals surface area contributed by atoms with Crippen LogP contribution in [-0.2, 0) is 4.79 Å². The SMILES string of the molecule is COc1ccc(SCC(=O)NCCSc2ccccc2)cc1OC. The number of thioether (sulfide) groups is 2. The fraction of sp³-hybridized carbons (Fsp3) is 0.278. The normalized spacial score (nSPS) is 10.2. The summed E-state index contributed by atoms with van der Waals surface area (Å²) in [5.74, 6) is 2.62. The van der Waals surface area contributed by atoms with Gasteiger partial charge in [-0.25, -0.2) is 0 Å². The minimum absolute atomic E-state index is 0.0310. The molecular formula is C18H21NO3S2. The summed E-state index contributed by atoms with van der Waals surface area (Å²) in [5, 5.41) is 2.94. The zero-order chi connectivity index (χ0) is 17.2. The second kappa shape index (κ2) is 10.2. The van der Waals surface area contributed by atoms with Crippen molar-refractivity contribution in [3.63, 3.8) is 0 Å². The van der Waals surface area contributed by atoms with Gasteiger partial charge in [-0.1, -0.05) is 18.2 Å². The highest BCUT2D eigenvalue weighted by atomic mass is 32.2. The molecule has 0 heterocycles. The second-order valence-corrected chi connectivity index (χ2v) is 7.03. The van der Waals surface area contributed by atoms with Crippen molar-refractivity contribution in [3.8, 4) is 11.5 Å². The van der Waals surface area contributed by atoms with Crippen molar-refractivity contribution >= 4 is 29.4 Å². The first-order valence-electron chi connectivity index (χ1n) is 7.52. The highest BCUT2D eigenvalue weighted by molar-refractivity contribution is 8.00. The average Bonchev–Trinajstić information content (AvgIpc) is 2.64. The predicted octanol–water partition coefficient (Wildman–Crippen LogP) is 3.70. The van der Waals surface area contributed by atoms with Crippen molar-refractivity contribution in [1.82, 2.24) is 5.32 Å². The number of carbonyl (C=O) groups is 1. The minimum Gasteiger partial charge on any atom is -0.493 e. The number of ether oxygens (including phenoxy) is 2. The standard InChI is InChI=1S/C18H21NO3S2/c1-21-16-9-8-15(12-17(16)22-2)24-13-18(20)19-10-11-23-14-6-4-3-5-7-14/h3-9,12H,10-11,13H2,1-2H3,(H,19,20). The molecule has 4 nitrogen and oxygen atoms in total. The van der Waals surface area contributed by atoms with E-state index in [1.165, 1.54) is 16.7 Å². The second-order valence-electron chi connectivity index (χ2n) is 4.82. The van der Waals surface area contributed by atoms with Crippen molar-refractivity contribution in [2.45, 2.75) is 9.79 Å². The summed E-state index contributed by atoms with van der Waals surface area (Å²) in [6.07, 6.45) is 0. The summed E-state index contributed by atoms with van der Waals surface area (Å²) in [6, 6.07) is 15.8. The number of rotatable bonds is 9. The maximum absolute atomic E-state index is 11.9. The first-order valence-corrected chi connectivity index (χ1v) is 9.49. The molecule has 0 aliphatic carbocycles. The molecule has 0 aliphatic heterocycles. The van der Waals surface area contributed by atoms with E-state index in [0.29, 0.717) is 23.8 Å². The van der Waals surface area contributed by atoms with Gasteiger partial charge in [0.05, 0.1) is 20.0 Å². The van der Waals surface area contributed by atoms with Crippen LogP contribution in [0.15, 0.2) is 58.3 Å². The fourth-order valence-corrected chi connectivity index (χ4v) is 3.53. The number of carbonyl (C=O) groups excluding carboxylic acids is 1. The number of methoxy groups -OCH3 is 2. The Hall–Kier alpha value is -1.79. The highest BCUT2D eigenvalue weighted by Crippen LogP contribution is 2.31. The first-order chi connectivity index (χ1) is 11.7. The lowest BCUT2D eigenvalue weighted by atomic mass is 10.3. The van der Waals surface area contributed by atoms with Gasteiger partial charge in [0.1, 0.15) is 0 Å². The third-order valence-corrected chi connectivity index (χ3v) is 5.17. The van der Waals surface area contributed by atoms with E-state index in [1.54, 1.807) is 26.0 Å². The lowest BCUT2D eigenvalue weighted by Crippen LogP contribution is -2.27. The third kappa shape index (κ3) is 6.02. The quantitative estimate of drug-likeness (QED) is 0.544. The van der Waals surface area contributed by atoms with E-state index < -0.39 is 0 Å². The molecule has 0 saturated heterocycles. The van der Waals surface area contributed by atoms with Crippen LogP contribution in [0.3, 0.4) is 0 Å². The summed E-state index contributed by atoms with van der Waals surface area (Å²) < 4.78 is 10.5. The van der Waals surface area contributed by atoms with E-state index in [4.69, 9.17) is 9.47 Å². The maximum atomic E-state index is 11.9. The van der Waals surface area contributed by atoms with E-state index >= 15 is 0 Å². The average molecular weight is 364 g/mol. The largest absolute Gasteiger partial charge is 0.493 e. The van der Waals surface area contributed by atoms with E-state index in [1.807, 2.05) is 36.4 Å². The fourth-order valence-electron chi connectivity index (χ4n) is 1.98. The van der Waals surface area contributed by atoms with Crippen LogP contribution in [0.25, 0.3) is 0 Å². The van der Waals surface area contributed by atoms with Crippen LogP contribution in [0.1, 0.15) is 0 Å². The molecule has 0 radical (unpaired) electrons. The van der Waals surface area contributed by atoms with Gasteiger partial charge in [-0.05, 0) is 30.3 Å². The molecule has 24 heavy (non-hydrogen) atoms. The van der Waals surface area contributed by atoms with Crippen LogP contribution in [0.2, 0.25) is 0 Å². The van der Waals surface area contributed by atoms with Crippen LogP contribution in [0.5, 0.6) is 11.5 Å². The van der Waals surface area contributed by atoms with Crippen LogP contribution in [0, 0.1) is 0 Å². The molecule has 0 saturated carbocycles. The summed E-state index contributed by atoms with van der Waals surface area (Å²) in [6.45, 7) is 0.658. The number of hydrogen-bond donors (Lipinski definition) is 1. The van der Waals surface area contributed by atoms with Gasteiger partial charge in [0.2, 0.25) is 5.91 Å². The zero-order valence-electron chi connectivity index (χ0n) is 13.8. The van der Waals surface area contributed by atoms with Crippen LogP contribution in [-0.4, -0.2) is 38.2 Å². The van der Waals surface area contributed by atoms with E-state index in [0.717, 1.165) is 10.6 Å². The van der Waals surface area contributed by atoms with Gasteiger partial charge in [0, 0.05) is 22.1 Å². The van der Waals surface area contributed by atoms with Crippen LogP contribution >= 0.6 is 23.5 Å². The molecule has 1 amide bonds. The molecule has 0 aliphatic rings. The zero-order valence-corrected chi connectivity index (χ0v) is 15.4. The van der Waals surface area contributed by atoms with Crippen molar-refractivity contribution in [2.75, 3.05) is 32.3 Å². The number of amides is 1. The highest BCUT2D eigenvalue weighted by Gasteiger charge is 2.07. The minimum atomic E-state index is 0.0310. The Bertz CT molecular complexity index is 650. The number of nitrogens with one attached hydrogen (secondary N) is 1. The summed E-state index contributed by atoms with van der Waals surface area (Å²) in [4.78, 5) is 14.1. The Balaban J connectivity index is 1.69. The molecule has 0 fully saturated rings. The molecule has 0 spiro atoms. The molecule has 2 rings (SSSR count). The van der Waals surface area contributed by atoms with Crippen LogP contribution in [0.4, 0.5) is 0 Å². The molecule has 6 heteroatoms. The Morgan fingerprint density at radius 2 is 1.71 bits per heavy atom. The third-order valence-electron chi connectivity index (χ3n) is 3.16. The Morgan fingerprint density at radius 3 is 2.42 bits per heavy atom. The topological polar surface area (TPSA) is 47.6 Å². The van der Waals surface area contributed by atoms with Gasteiger partial charge in [0.15, 0.2) is 11.5 Å². The van der Waals surface area contributed by atoms with Crippen molar-refractivity contribution in [2.24, 2.45) is 0 Å². The molecule has 128 valence electrons. The molecule has 2 aromatic rings. The monoisotopic (exact) mass is 363 g/mol. The molecule has 1 N–H and O–H groups in total. The Kier molecular flexibility index (Phi) is 7.85. The number of hydrogen-bond acceptors (Lipinski definition) is 5. The van der Waals surface area contributed by atoms with Gasteiger partial charge in [-0.2, -0.15) is 0 Å². The molecule has 0 atom stereocenters.